The van der Waals surface area contributed by atoms with Crippen LogP contribution in [0.15, 0.2) is 42.5 Å². The first-order valence-electron chi connectivity index (χ1n) is 5.02. The van der Waals surface area contributed by atoms with Gasteiger partial charge in [-0.15, -0.1) is 0 Å². The lowest BCUT2D eigenvalue weighted by molar-refractivity contribution is 1.54. The molecule has 74 valence electrons. The molecule has 0 fully saturated rings. The van der Waals surface area contributed by atoms with E-state index in [1.807, 2.05) is 0 Å². The van der Waals surface area contributed by atoms with Gasteiger partial charge in [0.05, 0.1) is 0 Å². The quantitative estimate of drug-likeness (QED) is 0.646. The minimum absolute atomic E-state index is 1.04. The highest BCUT2D eigenvalue weighted by atomic mass is 32.2. The zero-order chi connectivity index (χ0) is 10.5. The first-order valence-corrected chi connectivity index (χ1v) is 6.00. The summed E-state index contributed by atoms with van der Waals surface area (Å²) in [5.41, 5.74) is 1.09. The molecule has 2 rings (SSSR count). The summed E-state index contributed by atoms with van der Waals surface area (Å²) in [5, 5.41) is 5.61. The first kappa shape index (κ1) is 10.1. The van der Waals surface area contributed by atoms with Gasteiger partial charge in [-0.3, -0.25) is 0 Å². The first-order chi connectivity index (χ1) is 7.40. The fraction of sp³-hybridized carbons (Fsp3) is 0.143. The number of thioether (sulfide) groups is 1. The van der Waals surface area contributed by atoms with Crippen molar-refractivity contribution in [1.29, 1.82) is 0 Å². The summed E-state index contributed by atoms with van der Waals surface area (Å²) in [6.07, 6.45) is 0. The standard InChI is InChI=1S/C14H12S/c1-2-15-10-9-12-7-8-13-5-3-4-6-14(13)11-12/h3-8,11H,2H2,1H3. The zero-order valence-corrected chi connectivity index (χ0v) is 9.47. The highest BCUT2D eigenvalue weighted by Crippen LogP contribution is 2.15. The molecule has 2 aromatic rings. The van der Waals surface area contributed by atoms with Crippen molar-refractivity contribution in [3.05, 3.63) is 48.0 Å². The van der Waals surface area contributed by atoms with Crippen LogP contribution in [0.4, 0.5) is 0 Å². The van der Waals surface area contributed by atoms with Crippen molar-refractivity contribution in [1.82, 2.24) is 0 Å². The molecule has 0 amide bonds. The van der Waals surface area contributed by atoms with E-state index in [9.17, 15) is 0 Å². The highest BCUT2D eigenvalue weighted by Gasteiger charge is 1.92. The molecule has 0 aliphatic heterocycles. The van der Waals surface area contributed by atoms with E-state index < -0.39 is 0 Å². The molecule has 0 N–H and O–H groups in total. The Bertz CT molecular complexity index is 517. The van der Waals surface area contributed by atoms with Crippen molar-refractivity contribution in [2.45, 2.75) is 6.92 Å². The fourth-order valence-electron chi connectivity index (χ4n) is 1.43. The van der Waals surface area contributed by atoms with Gasteiger partial charge in [-0.2, -0.15) is 0 Å². The van der Waals surface area contributed by atoms with Crippen LogP contribution in [0.5, 0.6) is 0 Å². The van der Waals surface area contributed by atoms with Crippen molar-refractivity contribution < 1.29 is 0 Å². The SMILES string of the molecule is CCSC#Cc1ccc2ccccc2c1. The largest absolute Gasteiger partial charge is 0.0750 e. The Labute approximate surface area is 94.7 Å². The van der Waals surface area contributed by atoms with Crippen LogP contribution in [0.25, 0.3) is 10.8 Å². The summed E-state index contributed by atoms with van der Waals surface area (Å²) < 4.78 is 0. The maximum Gasteiger partial charge on any atom is 0.0260 e. The predicted molar refractivity (Wildman–Crippen MR) is 69.0 cm³/mol. The van der Waals surface area contributed by atoms with Crippen molar-refractivity contribution >= 4 is 22.5 Å². The maximum absolute atomic E-state index is 3.15. The molecule has 15 heavy (non-hydrogen) atoms. The molecule has 0 unspecified atom stereocenters. The van der Waals surface area contributed by atoms with Gasteiger partial charge in [-0.25, -0.2) is 0 Å². The van der Waals surface area contributed by atoms with Gasteiger partial charge in [-0.1, -0.05) is 54.9 Å². The van der Waals surface area contributed by atoms with Gasteiger partial charge >= 0.3 is 0 Å². The topological polar surface area (TPSA) is 0 Å². The molecule has 0 heterocycles. The van der Waals surface area contributed by atoms with Gasteiger partial charge in [0.25, 0.3) is 0 Å². The van der Waals surface area contributed by atoms with Crippen LogP contribution in [-0.2, 0) is 0 Å². The predicted octanol–water partition coefficient (Wildman–Crippen LogP) is 3.90. The van der Waals surface area contributed by atoms with Gasteiger partial charge in [0.2, 0.25) is 0 Å². The third-order valence-electron chi connectivity index (χ3n) is 2.16. The van der Waals surface area contributed by atoms with E-state index in [2.05, 4.69) is 60.6 Å². The molecule has 0 atom stereocenters. The van der Waals surface area contributed by atoms with Crippen molar-refractivity contribution in [2.75, 3.05) is 5.75 Å². The molecular weight excluding hydrogens is 200 g/mol. The Morgan fingerprint density at radius 2 is 1.87 bits per heavy atom. The molecule has 0 bridgehead atoms. The Hall–Kier alpha value is -1.39. The van der Waals surface area contributed by atoms with E-state index in [1.54, 1.807) is 11.8 Å². The highest BCUT2D eigenvalue weighted by molar-refractivity contribution is 8.03. The van der Waals surface area contributed by atoms with Crippen LogP contribution < -0.4 is 0 Å². The van der Waals surface area contributed by atoms with Gasteiger partial charge < -0.3 is 0 Å². The lowest BCUT2D eigenvalue weighted by Crippen LogP contribution is -1.75. The maximum atomic E-state index is 3.15. The van der Waals surface area contributed by atoms with E-state index in [0.717, 1.165) is 11.3 Å². The molecule has 0 aliphatic carbocycles. The normalized spacial score (nSPS) is 9.67. The minimum Gasteiger partial charge on any atom is -0.0750 e. The summed E-state index contributed by atoms with van der Waals surface area (Å²) >= 11 is 1.65. The molecule has 0 aromatic heterocycles. The van der Waals surface area contributed by atoms with Crippen molar-refractivity contribution in [3.63, 3.8) is 0 Å². The molecular formula is C14H12S. The zero-order valence-electron chi connectivity index (χ0n) is 8.66. The molecule has 0 spiro atoms. The van der Waals surface area contributed by atoms with Crippen molar-refractivity contribution in [2.24, 2.45) is 0 Å². The number of benzene rings is 2. The average molecular weight is 212 g/mol. The summed E-state index contributed by atoms with van der Waals surface area (Å²) in [6, 6.07) is 14.7. The minimum atomic E-state index is 1.04. The average Bonchev–Trinajstić information content (AvgIpc) is 2.29. The fourth-order valence-corrected chi connectivity index (χ4v) is 1.77. The van der Waals surface area contributed by atoms with Crippen LogP contribution in [0, 0.1) is 11.2 Å². The molecule has 1 heteroatoms. The van der Waals surface area contributed by atoms with Crippen LogP contribution >= 0.6 is 11.8 Å². The number of hydrogen-bond acceptors (Lipinski definition) is 1. The van der Waals surface area contributed by atoms with Crippen molar-refractivity contribution in [3.8, 4) is 11.2 Å². The van der Waals surface area contributed by atoms with Crippen LogP contribution in [0.2, 0.25) is 0 Å². The third kappa shape index (κ3) is 2.55. The molecule has 0 aliphatic rings. The Morgan fingerprint density at radius 3 is 2.67 bits per heavy atom. The molecule has 0 radical (unpaired) electrons. The van der Waals surface area contributed by atoms with E-state index in [1.165, 1.54) is 10.8 Å². The monoisotopic (exact) mass is 212 g/mol. The Kier molecular flexibility index (Phi) is 3.32. The molecule has 0 saturated heterocycles. The van der Waals surface area contributed by atoms with Crippen LogP contribution in [0.1, 0.15) is 12.5 Å². The second-order valence-electron chi connectivity index (χ2n) is 3.22. The lowest BCUT2D eigenvalue weighted by Gasteiger charge is -1.96. The van der Waals surface area contributed by atoms with Crippen LogP contribution in [-0.4, -0.2) is 5.75 Å². The Morgan fingerprint density at radius 1 is 1.07 bits per heavy atom. The molecule has 0 saturated carbocycles. The van der Waals surface area contributed by atoms with E-state index in [0.29, 0.717) is 0 Å². The lowest BCUT2D eigenvalue weighted by atomic mass is 10.1. The molecule has 0 nitrogen and oxygen atoms in total. The van der Waals surface area contributed by atoms with Gasteiger partial charge in [0, 0.05) is 11.3 Å². The Balaban J connectivity index is 2.36. The van der Waals surface area contributed by atoms with E-state index >= 15 is 0 Å². The second kappa shape index (κ2) is 4.91. The third-order valence-corrected chi connectivity index (χ3v) is 2.70. The van der Waals surface area contributed by atoms with E-state index in [4.69, 9.17) is 0 Å². The number of hydrogen-bond donors (Lipinski definition) is 0. The smallest absolute Gasteiger partial charge is 0.0260 e. The van der Waals surface area contributed by atoms with E-state index in [-0.39, 0.29) is 0 Å². The van der Waals surface area contributed by atoms with Crippen LogP contribution in [0.3, 0.4) is 0 Å². The number of rotatable bonds is 1. The van der Waals surface area contributed by atoms with Gasteiger partial charge in [-0.05, 0) is 28.2 Å². The summed E-state index contributed by atoms with van der Waals surface area (Å²) in [4.78, 5) is 0. The second-order valence-corrected chi connectivity index (χ2v) is 4.29. The molecule has 2 aromatic carbocycles. The summed E-state index contributed by atoms with van der Waals surface area (Å²) in [5.74, 6) is 4.19. The van der Waals surface area contributed by atoms with Gasteiger partial charge in [0.1, 0.15) is 0 Å². The number of fused-ring (bicyclic) bond motifs is 1. The summed E-state index contributed by atoms with van der Waals surface area (Å²) in [7, 11) is 0. The van der Waals surface area contributed by atoms with Gasteiger partial charge in [0.15, 0.2) is 0 Å². The summed E-state index contributed by atoms with van der Waals surface area (Å²) in [6.45, 7) is 2.11.